The molecule has 1 aliphatic rings. The summed E-state index contributed by atoms with van der Waals surface area (Å²) in [6.07, 6.45) is -7.66. The number of alkyl halides is 3. The molecule has 0 saturated carbocycles. The predicted molar refractivity (Wildman–Crippen MR) is 111 cm³/mol. The van der Waals surface area contributed by atoms with E-state index in [0.717, 1.165) is 34.6 Å². The maximum absolute atomic E-state index is 13.3. The predicted octanol–water partition coefficient (Wildman–Crippen LogP) is 2.35. The number of benzene rings is 2. The molecule has 16 heteroatoms. The molecule has 186 valence electrons. The van der Waals surface area contributed by atoms with Crippen molar-refractivity contribution in [1.29, 1.82) is 0 Å². The third-order valence-corrected chi connectivity index (χ3v) is 7.54. The molecule has 10 nitrogen and oxygen atoms in total. The number of amides is 1. The molecule has 1 aliphatic heterocycles. The quantitative estimate of drug-likeness (QED) is 0.469. The lowest BCUT2D eigenvalue weighted by Crippen LogP contribution is -2.49. The number of hydrogen-bond donors (Lipinski definition) is 3. The van der Waals surface area contributed by atoms with E-state index in [0.29, 0.717) is 0 Å². The van der Waals surface area contributed by atoms with Gasteiger partial charge >= 0.3 is 12.3 Å². The Morgan fingerprint density at radius 2 is 1.76 bits per heavy atom. The summed E-state index contributed by atoms with van der Waals surface area (Å²) < 4.78 is 109. The second kappa shape index (κ2) is 9.27. The summed E-state index contributed by atoms with van der Waals surface area (Å²) >= 11 is 0. The molecule has 0 spiro atoms. The van der Waals surface area contributed by atoms with Crippen molar-refractivity contribution in [3.8, 4) is 5.75 Å². The van der Waals surface area contributed by atoms with Crippen LogP contribution in [0.5, 0.6) is 5.75 Å². The van der Waals surface area contributed by atoms with Gasteiger partial charge in [0.05, 0.1) is 17.1 Å². The van der Waals surface area contributed by atoms with Crippen LogP contribution < -0.4 is 19.1 Å². The number of fused-ring (bicyclic) bond motifs is 1. The van der Waals surface area contributed by atoms with Gasteiger partial charge in [-0.3, -0.25) is 9.62 Å². The summed E-state index contributed by atoms with van der Waals surface area (Å²) in [6, 6.07) is 7.38. The first-order valence-electron chi connectivity index (χ1n) is 9.29. The van der Waals surface area contributed by atoms with Gasteiger partial charge in [0.15, 0.2) is 5.75 Å². The number of carbonyl (C=O) groups is 1. The SMILES string of the molecule is O=C(O)Nc1ccc2c(c1)N(S(=O)(=O)c1ccc(F)cc1)CC(CNS(=O)(=O)CC(F)(F)F)O2. The Morgan fingerprint density at radius 3 is 2.35 bits per heavy atom. The van der Waals surface area contributed by atoms with Gasteiger partial charge in [0.1, 0.15) is 17.7 Å². The number of hydrogen-bond acceptors (Lipinski definition) is 6. The molecule has 0 aromatic heterocycles. The fourth-order valence-corrected chi connectivity index (χ4v) is 5.54. The van der Waals surface area contributed by atoms with Crippen LogP contribution in [-0.4, -0.2) is 59.2 Å². The zero-order valence-corrected chi connectivity index (χ0v) is 18.5. The second-order valence-electron chi connectivity index (χ2n) is 7.07. The average molecular weight is 527 g/mol. The maximum Gasteiger partial charge on any atom is 0.409 e. The fourth-order valence-electron chi connectivity index (χ4n) is 3.07. The third-order valence-electron chi connectivity index (χ3n) is 4.43. The Bertz CT molecular complexity index is 1280. The Kier molecular flexibility index (Phi) is 6.95. The second-order valence-corrected chi connectivity index (χ2v) is 10.7. The summed E-state index contributed by atoms with van der Waals surface area (Å²) in [5.74, 6) is -2.94. The monoisotopic (exact) mass is 527 g/mol. The van der Waals surface area contributed by atoms with E-state index in [1.807, 2.05) is 5.32 Å². The van der Waals surface area contributed by atoms with E-state index in [9.17, 15) is 39.2 Å². The molecule has 34 heavy (non-hydrogen) atoms. The zero-order chi connectivity index (χ0) is 25.3. The Hall–Kier alpha value is -3.11. The smallest absolute Gasteiger partial charge is 0.409 e. The van der Waals surface area contributed by atoms with Crippen molar-refractivity contribution in [3.05, 3.63) is 48.3 Å². The van der Waals surface area contributed by atoms with E-state index in [4.69, 9.17) is 9.84 Å². The normalized spacial score (nSPS) is 16.5. The van der Waals surface area contributed by atoms with E-state index >= 15 is 0 Å². The van der Waals surface area contributed by atoms with Crippen LogP contribution in [0.25, 0.3) is 0 Å². The largest absolute Gasteiger partial charge is 0.485 e. The van der Waals surface area contributed by atoms with Crippen molar-refractivity contribution in [1.82, 2.24) is 4.72 Å². The Balaban J connectivity index is 1.95. The van der Waals surface area contributed by atoms with Crippen LogP contribution in [-0.2, 0) is 20.0 Å². The van der Waals surface area contributed by atoms with Crippen LogP contribution in [0.1, 0.15) is 0 Å². The molecule has 1 atom stereocenters. The van der Waals surface area contributed by atoms with Gasteiger partial charge in [-0.2, -0.15) is 13.2 Å². The van der Waals surface area contributed by atoms with Gasteiger partial charge in [0, 0.05) is 12.2 Å². The van der Waals surface area contributed by atoms with E-state index in [-0.39, 0.29) is 22.0 Å². The number of anilines is 2. The lowest BCUT2D eigenvalue weighted by molar-refractivity contribution is -0.106. The molecule has 1 heterocycles. The lowest BCUT2D eigenvalue weighted by Gasteiger charge is -2.35. The Labute approximate surface area is 191 Å². The zero-order valence-electron chi connectivity index (χ0n) is 16.9. The maximum atomic E-state index is 13.3. The average Bonchev–Trinajstić information content (AvgIpc) is 2.70. The number of rotatable bonds is 7. The summed E-state index contributed by atoms with van der Waals surface area (Å²) in [6.45, 7) is -1.24. The van der Waals surface area contributed by atoms with Crippen LogP contribution in [0.4, 0.5) is 33.7 Å². The van der Waals surface area contributed by atoms with Crippen molar-refractivity contribution >= 4 is 37.5 Å². The molecule has 2 aromatic rings. The van der Waals surface area contributed by atoms with E-state index in [1.54, 1.807) is 4.72 Å². The molecule has 0 bridgehead atoms. The summed E-state index contributed by atoms with van der Waals surface area (Å²) in [4.78, 5) is 10.6. The number of carboxylic acid groups (broad SMARTS) is 1. The van der Waals surface area contributed by atoms with Gasteiger partial charge in [0.25, 0.3) is 10.0 Å². The van der Waals surface area contributed by atoms with Gasteiger partial charge < -0.3 is 9.84 Å². The molecule has 3 rings (SSSR count). The minimum absolute atomic E-state index is 0.0153. The molecule has 0 aliphatic carbocycles. The molecular weight excluding hydrogens is 510 g/mol. The number of halogens is 4. The first-order valence-corrected chi connectivity index (χ1v) is 12.4. The van der Waals surface area contributed by atoms with Gasteiger partial charge in [-0.15, -0.1) is 0 Å². The van der Waals surface area contributed by atoms with Crippen LogP contribution in [0.2, 0.25) is 0 Å². The summed E-state index contributed by atoms with van der Waals surface area (Å²) in [7, 11) is -9.18. The highest BCUT2D eigenvalue weighted by Gasteiger charge is 2.38. The highest BCUT2D eigenvalue weighted by atomic mass is 32.2. The molecule has 1 unspecified atom stereocenters. The van der Waals surface area contributed by atoms with E-state index in [1.165, 1.54) is 12.1 Å². The number of ether oxygens (including phenoxy) is 1. The molecule has 0 radical (unpaired) electrons. The molecule has 2 aromatic carbocycles. The van der Waals surface area contributed by atoms with Gasteiger partial charge in [-0.05, 0) is 42.5 Å². The first-order chi connectivity index (χ1) is 15.7. The summed E-state index contributed by atoms with van der Waals surface area (Å²) in [5.41, 5.74) is -0.136. The van der Waals surface area contributed by atoms with Crippen LogP contribution in [0.3, 0.4) is 0 Å². The number of nitrogens with zero attached hydrogens (tertiary/aromatic N) is 1. The van der Waals surface area contributed by atoms with Crippen LogP contribution >= 0.6 is 0 Å². The highest BCUT2D eigenvalue weighted by molar-refractivity contribution is 7.92. The number of sulfonamides is 2. The van der Waals surface area contributed by atoms with Gasteiger partial charge in [-0.25, -0.2) is 30.7 Å². The lowest BCUT2D eigenvalue weighted by atomic mass is 10.2. The minimum Gasteiger partial charge on any atom is -0.485 e. The third kappa shape index (κ3) is 6.27. The molecule has 1 amide bonds. The molecule has 0 saturated heterocycles. The number of nitrogens with one attached hydrogen (secondary N) is 2. The van der Waals surface area contributed by atoms with Crippen molar-refractivity contribution in [3.63, 3.8) is 0 Å². The van der Waals surface area contributed by atoms with Gasteiger partial charge in [0.2, 0.25) is 10.0 Å². The Morgan fingerprint density at radius 1 is 1.12 bits per heavy atom. The van der Waals surface area contributed by atoms with Crippen molar-refractivity contribution in [2.24, 2.45) is 0 Å². The first kappa shape index (κ1) is 25.5. The topological polar surface area (TPSA) is 142 Å². The van der Waals surface area contributed by atoms with Crippen molar-refractivity contribution in [2.75, 3.05) is 28.5 Å². The van der Waals surface area contributed by atoms with E-state index < -0.39 is 63.1 Å². The molecule has 3 N–H and O–H groups in total. The van der Waals surface area contributed by atoms with Crippen molar-refractivity contribution in [2.45, 2.75) is 17.2 Å². The molecule has 0 fully saturated rings. The molecular formula is C18H17F4N3O7S2. The fraction of sp³-hybridized carbons (Fsp3) is 0.278. The van der Waals surface area contributed by atoms with Crippen LogP contribution in [0, 0.1) is 5.82 Å². The summed E-state index contributed by atoms with van der Waals surface area (Å²) in [5, 5.41) is 11.0. The highest BCUT2D eigenvalue weighted by Crippen LogP contribution is 2.39. The van der Waals surface area contributed by atoms with E-state index in [2.05, 4.69) is 0 Å². The van der Waals surface area contributed by atoms with Crippen LogP contribution in [0.15, 0.2) is 47.4 Å². The van der Waals surface area contributed by atoms with Crippen molar-refractivity contribution < 1.29 is 49.0 Å². The van der Waals surface area contributed by atoms with Gasteiger partial charge in [-0.1, -0.05) is 0 Å². The minimum atomic E-state index is -4.99. The standard InChI is InChI=1S/C18H17F4N3O7S2/c19-11-1-4-14(5-2-11)34(30,31)25-9-13(8-23-33(28,29)10-18(20,21)22)32-16-6-3-12(7-15(16)25)24-17(26)27/h1-7,13,23-24H,8-10H2,(H,26,27).